The van der Waals surface area contributed by atoms with Crippen molar-refractivity contribution in [2.24, 2.45) is 17.3 Å². The van der Waals surface area contributed by atoms with E-state index in [1.807, 2.05) is 0 Å². The highest BCUT2D eigenvalue weighted by molar-refractivity contribution is 6.99. The largest absolute Gasteiger partial charge is 0.407 e. The zero-order valence-corrected chi connectivity index (χ0v) is 20.0. The minimum absolute atomic E-state index is 0.0544. The maximum absolute atomic E-state index is 7.44. The van der Waals surface area contributed by atoms with E-state index in [2.05, 4.69) is 93.7 Å². The number of rotatable bonds is 5. The molecule has 2 saturated carbocycles. The normalized spacial score (nSPS) is 33.1. The van der Waals surface area contributed by atoms with Crippen LogP contribution in [0.3, 0.4) is 0 Å². The second-order valence-electron chi connectivity index (χ2n) is 11.3. The summed E-state index contributed by atoms with van der Waals surface area (Å²) in [5, 5.41) is 6.84. The zero-order chi connectivity index (χ0) is 21.0. The van der Waals surface area contributed by atoms with Gasteiger partial charge in [-0.2, -0.15) is 0 Å². The molecule has 2 aromatic rings. The van der Waals surface area contributed by atoms with E-state index in [0.29, 0.717) is 11.5 Å². The monoisotopic (exact) mass is 419 g/mol. The van der Waals surface area contributed by atoms with Gasteiger partial charge in [0.05, 0.1) is 0 Å². The van der Waals surface area contributed by atoms with E-state index < -0.39 is 8.32 Å². The highest BCUT2D eigenvalue weighted by Crippen LogP contribution is 2.58. The van der Waals surface area contributed by atoms with Crippen molar-refractivity contribution in [2.45, 2.75) is 70.5 Å². The van der Waals surface area contributed by atoms with Crippen LogP contribution in [-0.2, 0) is 4.43 Å². The van der Waals surface area contributed by atoms with Gasteiger partial charge in [-0.1, -0.05) is 88.4 Å². The van der Waals surface area contributed by atoms with E-state index in [0.717, 1.165) is 24.5 Å². The summed E-state index contributed by atoms with van der Waals surface area (Å²) >= 11 is 0. The van der Waals surface area contributed by atoms with Crippen molar-refractivity contribution in [3.05, 3.63) is 60.7 Å². The molecule has 0 radical (unpaired) electrons. The molecule has 0 amide bonds. The molecule has 5 atom stereocenters. The Kier molecular flexibility index (Phi) is 5.00. The van der Waals surface area contributed by atoms with Gasteiger partial charge < -0.3 is 9.74 Å². The molecule has 5 rings (SSSR count). The smallest absolute Gasteiger partial charge is 0.261 e. The highest BCUT2D eigenvalue weighted by atomic mass is 28.4. The molecule has 0 aromatic heterocycles. The third-order valence-electron chi connectivity index (χ3n) is 8.44. The fraction of sp³-hybridized carbons (Fsp3) is 0.556. The summed E-state index contributed by atoms with van der Waals surface area (Å²) in [5.41, 5.74) is 0.338. The Morgan fingerprint density at radius 1 is 0.933 bits per heavy atom. The molecule has 2 aromatic carbocycles. The first-order valence-electron chi connectivity index (χ1n) is 11.9. The van der Waals surface area contributed by atoms with Crippen molar-refractivity contribution < 1.29 is 4.43 Å². The summed E-state index contributed by atoms with van der Waals surface area (Å²) in [5.74, 6) is 1.67. The van der Waals surface area contributed by atoms with Crippen LogP contribution in [-0.4, -0.2) is 27.0 Å². The van der Waals surface area contributed by atoms with Crippen LogP contribution in [0.5, 0.6) is 0 Å². The Bertz CT molecular complexity index is 819. The summed E-state index contributed by atoms with van der Waals surface area (Å²) in [7, 11) is -2.45. The van der Waals surface area contributed by atoms with Gasteiger partial charge in [-0.05, 0) is 52.9 Å². The van der Waals surface area contributed by atoms with Gasteiger partial charge in [0.2, 0.25) is 0 Å². The zero-order valence-electron chi connectivity index (χ0n) is 19.0. The van der Waals surface area contributed by atoms with Gasteiger partial charge in [0.1, 0.15) is 0 Å². The fourth-order valence-electron chi connectivity index (χ4n) is 7.19. The Labute approximate surface area is 183 Å². The van der Waals surface area contributed by atoms with Crippen LogP contribution >= 0.6 is 0 Å². The van der Waals surface area contributed by atoms with Crippen molar-refractivity contribution in [3.8, 4) is 0 Å². The first-order valence-corrected chi connectivity index (χ1v) is 13.8. The predicted molar refractivity (Wildman–Crippen MR) is 128 cm³/mol. The number of piperidine rings is 1. The van der Waals surface area contributed by atoms with Gasteiger partial charge in [-0.25, -0.2) is 0 Å². The van der Waals surface area contributed by atoms with Gasteiger partial charge in [0.25, 0.3) is 8.32 Å². The van der Waals surface area contributed by atoms with Gasteiger partial charge in [0, 0.05) is 24.1 Å². The van der Waals surface area contributed by atoms with Gasteiger partial charge in [-0.15, -0.1) is 0 Å². The van der Waals surface area contributed by atoms with E-state index in [1.54, 1.807) is 0 Å². The Morgan fingerprint density at radius 3 is 2.07 bits per heavy atom. The molecule has 0 unspecified atom stereocenters. The Hall–Kier alpha value is -1.42. The van der Waals surface area contributed by atoms with Crippen LogP contribution < -0.4 is 15.7 Å². The molecule has 1 aliphatic heterocycles. The first-order chi connectivity index (χ1) is 14.3. The number of fused-ring (bicyclic) bond motifs is 1. The van der Waals surface area contributed by atoms with Crippen molar-refractivity contribution in [2.75, 3.05) is 6.61 Å². The van der Waals surface area contributed by atoms with Crippen LogP contribution in [0, 0.1) is 17.3 Å². The molecule has 2 nitrogen and oxygen atoms in total. The Balaban J connectivity index is 1.57. The molecule has 1 N–H and O–H groups in total. The topological polar surface area (TPSA) is 21.3 Å². The van der Waals surface area contributed by atoms with Gasteiger partial charge in [-0.3, -0.25) is 0 Å². The highest BCUT2D eigenvalue weighted by Gasteiger charge is 2.61. The Morgan fingerprint density at radius 2 is 1.53 bits per heavy atom. The lowest BCUT2D eigenvalue weighted by Gasteiger charge is -2.51. The van der Waals surface area contributed by atoms with Crippen LogP contribution in [0.25, 0.3) is 0 Å². The van der Waals surface area contributed by atoms with Crippen molar-refractivity contribution in [1.82, 2.24) is 5.32 Å². The first kappa shape index (κ1) is 20.5. The average molecular weight is 420 g/mol. The summed E-state index contributed by atoms with van der Waals surface area (Å²) < 4.78 is 7.44. The maximum Gasteiger partial charge on any atom is 0.261 e. The third kappa shape index (κ3) is 3.04. The molecule has 3 heteroatoms. The quantitative estimate of drug-likeness (QED) is 0.708. The molecule has 160 valence electrons. The SMILES string of the molecule is C[C@@H]1C[C@H]2C[C@@H]3C[C@@]2(CO[Si](c2ccccc2)(c2ccccc2)C(C)(C)C)[C@H](C1)N3. The lowest BCUT2D eigenvalue weighted by molar-refractivity contribution is 0.00998. The number of nitrogens with one attached hydrogen (secondary N) is 1. The average Bonchev–Trinajstić information content (AvgIpc) is 3.24. The predicted octanol–water partition coefficient (Wildman–Crippen LogP) is 4.73. The molecule has 0 spiro atoms. The second-order valence-corrected chi connectivity index (χ2v) is 15.6. The second kappa shape index (κ2) is 7.32. The van der Waals surface area contributed by atoms with Gasteiger partial charge in [0.15, 0.2) is 0 Å². The standard InChI is InChI=1S/C27H37NOSi/c1-20-15-21-17-22-18-27(21,25(16-20)28-22)19-29-30(26(2,3)4,23-11-7-5-8-12-23)24-13-9-6-10-14-24/h5-14,20-22,25,28H,15-19H2,1-4H3/t20-,21+,22-,25+,27+/m1/s1. The summed E-state index contributed by atoms with van der Waals surface area (Å²) in [6.45, 7) is 10.5. The van der Waals surface area contributed by atoms with Crippen LogP contribution in [0.4, 0.5) is 0 Å². The lowest BCUT2D eigenvalue weighted by atomic mass is 9.63. The molecular weight excluding hydrogens is 382 g/mol. The molecule has 2 bridgehead atoms. The van der Waals surface area contributed by atoms with Crippen LogP contribution in [0.2, 0.25) is 5.04 Å². The summed E-state index contributed by atoms with van der Waals surface area (Å²) in [6.07, 6.45) is 5.37. The van der Waals surface area contributed by atoms with Crippen molar-refractivity contribution in [1.29, 1.82) is 0 Å². The molecule has 30 heavy (non-hydrogen) atoms. The van der Waals surface area contributed by atoms with E-state index in [4.69, 9.17) is 4.43 Å². The van der Waals surface area contributed by atoms with E-state index in [9.17, 15) is 0 Å². The number of benzene rings is 2. The molecule has 2 aliphatic carbocycles. The minimum atomic E-state index is -2.45. The molecular formula is C27H37NOSi. The third-order valence-corrected chi connectivity index (χ3v) is 13.4. The van der Waals surface area contributed by atoms with E-state index in [1.165, 1.54) is 36.1 Å². The number of hydrogen-bond acceptors (Lipinski definition) is 2. The minimum Gasteiger partial charge on any atom is -0.407 e. The molecule has 3 fully saturated rings. The van der Waals surface area contributed by atoms with E-state index >= 15 is 0 Å². The summed E-state index contributed by atoms with van der Waals surface area (Å²) in [6, 6.07) is 23.6. The fourth-order valence-corrected chi connectivity index (χ4v) is 11.8. The lowest BCUT2D eigenvalue weighted by Crippen LogP contribution is -2.68. The molecule has 1 saturated heterocycles. The molecule has 1 heterocycles. The van der Waals surface area contributed by atoms with Crippen molar-refractivity contribution in [3.63, 3.8) is 0 Å². The molecule has 3 aliphatic rings. The van der Waals surface area contributed by atoms with Gasteiger partial charge >= 0.3 is 0 Å². The summed E-state index contributed by atoms with van der Waals surface area (Å²) in [4.78, 5) is 0. The van der Waals surface area contributed by atoms with Crippen molar-refractivity contribution >= 4 is 18.7 Å². The van der Waals surface area contributed by atoms with Crippen LogP contribution in [0.15, 0.2) is 60.7 Å². The number of hydrogen-bond donors (Lipinski definition) is 1. The van der Waals surface area contributed by atoms with E-state index in [-0.39, 0.29) is 5.04 Å². The maximum atomic E-state index is 7.44. The van der Waals surface area contributed by atoms with Crippen LogP contribution in [0.1, 0.15) is 53.4 Å².